The molecule has 0 aliphatic heterocycles. The van der Waals surface area contributed by atoms with Crippen molar-refractivity contribution in [1.82, 2.24) is 10.3 Å². The molecular formula is C24H24ClN3O4S. The van der Waals surface area contributed by atoms with Gasteiger partial charge in [0.1, 0.15) is 18.8 Å². The van der Waals surface area contributed by atoms with Crippen LogP contribution in [0, 0.1) is 11.3 Å². The quantitative estimate of drug-likeness (QED) is 0.390. The molecule has 2 aromatic heterocycles. The molecule has 0 bridgehead atoms. The van der Waals surface area contributed by atoms with E-state index in [1.54, 1.807) is 18.2 Å². The van der Waals surface area contributed by atoms with Crippen LogP contribution in [0.3, 0.4) is 0 Å². The van der Waals surface area contributed by atoms with Crippen molar-refractivity contribution in [2.75, 3.05) is 13.2 Å². The number of hydrogen-bond acceptors (Lipinski definition) is 7. The number of carbonyl (C=O) groups is 1. The Hall–Kier alpha value is -2.96. The Kier molecular flexibility index (Phi) is 8.06. The molecule has 0 amide bonds. The molecule has 0 fully saturated rings. The van der Waals surface area contributed by atoms with Crippen LogP contribution in [0.2, 0.25) is 4.34 Å². The largest absolute Gasteiger partial charge is 0.487 e. The number of aliphatic hydroxyl groups is 1. The van der Waals surface area contributed by atoms with E-state index in [-0.39, 0.29) is 35.7 Å². The van der Waals surface area contributed by atoms with Gasteiger partial charge in [0.25, 0.3) is 0 Å². The van der Waals surface area contributed by atoms with Crippen molar-refractivity contribution in [2.45, 2.75) is 31.9 Å². The topological polar surface area (TPSA) is 115 Å². The lowest BCUT2D eigenvalue weighted by Gasteiger charge is -2.27. The predicted molar refractivity (Wildman–Crippen MR) is 128 cm³/mol. The van der Waals surface area contributed by atoms with Crippen LogP contribution in [0.5, 0.6) is 5.75 Å². The normalized spacial score (nSPS) is 12.2. The number of aromatic carboxylic acids is 1. The highest BCUT2D eigenvalue weighted by Gasteiger charge is 2.21. The molecule has 0 aliphatic rings. The molecule has 0 radical (unpaired) electrons. The van der Waals surface area contributed by atoms with Crippen LogP contribution in [0.25, 0.3) is 11.1 Å². The summed E-state index contributed by atoms with van der Waals surface area (Å²) in [5.74, 6) is -0.777. The fourth-order valence-electron chi connectivity index (χ4n) is 3.27. The zero-order valence-corrected chi connectivity index (χ0v) is 19.8. The van der Waals surface area contributed by atoms with E-state index in [0.717, 1.165) is 15.6 Å². The van der Waals surface area contributed by atoms with Gasteiger partial charge in [-0.1, -0.05) is 23.7 Å². The van der Waals surface area contributed by atoms with E-state index in [1.807, 2.05) is 32.0 Å². The molecule has 33 heavy (non-hydrogen) atoms. The number of thiophene rings is 1. The molecule has 0 unspecified atom stereocenters. The molecule has 0 saturated carbocycles. The molecule has 172 valence electrons. The van der Waals surface area contributed by atoms with Crippen molar-refractivity contribution in [3.63, 3.8) is 0 Å². The van der Waals surface area contributed by atoms with E-state index in [0.29, 0.717) is 11.1 Å². The number of hydrogen-bond donors (Lipinski definition) is 3. The minimum atomic E-state index is -1.02. The van der Waals surface area contributed by atoms with Gasteiger partial charge in [0.05, 0.1) is 9.90 Å². The lowest BCUT2D eigenvalue weighted by Crippen LogP contribution is -2.46. The number of β-amino-alcohol motifs (C(OH)–C–C–N with tert-alkyl or cyclic N) is 1. The van der Waals surface area contributed by atoms with E-state index in [2.05, 4.69) is 10.3 Å². The highest BCUT2D eigenvalue weighted by Crippen LogP contribution is 2.32. The van der Waals surface area contributed by atoms with Gasteiger partial charge < -0.3 is 20.3 Å². The molecule has 3 N–H and O–H groups in total. The van der Waals surface area contributed by atoms with Crippen molar-refractivity contribution in [3.8, 4) is 22.9 Å². The van der Waals surface area contributed by atoms with Gasteiger partial charge in [-0.3, -0.25) is 0 Å². The molecule has 1 atom stereocenters. The SMILES string of the molecule is CC(C)(Cc1ccc(Cl)s1)NC[C@@H](O)COc1c(-c2ccc(C(=O)O)cc2)ccnc1C#N. The number of nitriles is 1. The average Bonchev–Trinajstić information content (AvgIpc) is 3.19. The number of aromatic nitrogens is 1. The van der Waals surface area contributed by atoms with Crippen LogP contribution in [0.1, 0.15) is 34.8 Å². The number of carboxylic acids is 1. The number of pyridine rings is 1. The highest BCUT2D eigenvalue weighted by atomic mass is 35.5. The van der Waals surface area contributed by atoms with E-state index in [9.17, 15) is 15.2 Å². The maximum Gasteiger partial charge on any atom is 0.335 e. The Balaban J connectivity index is 1.66. The van der Waals surface area contributed by atoms with Crippen molar-refractivity contribution in [3.05, 3.63) is 69.1 Å². The van der Waals surface area contributed by atoms with Gasteiger partial charge in [0, 0.05) is 28.7 Å². The Morgan fingerprint density at radius 1 is 1.27 bits per heavy atom. The lowest BCUT2D eigenvalue weighted by atomic mass is 9.99. The fourth-order valence-corrected chi connectivity index (χ4v) is 4.59. The predicted octanol–water partition coefficient (Wildman–Crippen LogP) is 4.38. The first-order chi connectivity index (χ1) is 15.7. The van der Waals surface area contributed by atoms with Crippen molar-refractivity contribution < 1.29 is 19.7 Å². The molecule has 9 heteroatoms. The van der Waals surface area contributed by atoms with Crippen molar-refractivity contribution in [2.24, 2.45) is 0 Å². The van der Waals surface area contributed by atoms with Gasteiger partial charge in [-0.05, 0) is 56.2 Å². The summed E-state index contributed by atoms with van der Waals surface area (Å²) in [6.07, 6.45) is 1.42. The molecule has 7 nitrogen and oxygen atoms in total. The monoisotopic (exact) mass is 485 g/mol. The Bertz CT molecular complexity index is 1160. The highest BCUT2D eigenvalue weighted by molar-refractivity contribution is 7.16. The summed E-state index contributed by atoms with van der Waals surface area (Å²) in [7, 11) is 0. The molecule has 3 rings (SSSR count). The van der Waals surface area contributed by atoms with E-state index >= 15 is 0 Å². The summed E-state index contributed by atoms with van der Waals surface area (Å²) in [6, 6.07) is 13.8. The minimum absolute atomic E-state index is 0.0471. The number of nitrogens with one attached hydrogen (secondary N) is 1. The van der Waals surface area contributed by atoms with Gasteiger partial charge in [-0.2, -0.15) is 5.26 Å². The van der Waals surface area contributed by atoms with Gasteiger partial charge in [-0.25, -0.2) is 9.78 Å². The number of aliphatic hydroxyl groups excluding tert-OH is 1. The average molecular weight is 486 g/mol. The van der Waals surface area contributed by atoms with Crippen molar-refractivity contribution in [1.29, 1.82) is 5.26 Å². The maximum absolute atomic E-state index is 11.1. The number of carboxylic acid groups (broad SMARTS) is 1. The third-order valence-corrected chi connectivity index (χ3v) is 6.17. The number of benzene rings is 1. The fraction of sp³-hybridized carbons (Fsp3) is 0.292. The summed E-state index contributed by atoms with van der Waals surface area (Å²) in [5, 5.41) is 32.4. The van der Waals surface area contributed by atoms with Crippen LogP contribution < -0.4 is 10.1 Å². The number of ether oxygens (including phenoxy) is 1. The zero-order chi connectivity index (χ0) is 24.0. The van der Waals surface area contributed by atoms with Crippen molar-refractivity contribution >= 4 is 28.9 Å². The third-order valence-electron chi connectivity index (χ3n) is 4.93. The number of halogens is 1. The standard InChI is InChI=1S/C24H24ClN3O4S/c1-24(2,11-18-7-8-21(25)33-18)28-13-17(29)14-32-22-19(9-10-27-20(22)12-26)15-3-5-16(6-4-15)23(30)31/h3-10,17,28-29H,11,13-14H2,1-2H3,(H,30,31)/t17-/m1/s1. The summed E-state index contributed by atoms with van der Waals surface area (Å²) in [5.41, 5.74) is 1.25. The second-order valence-electron chi connectivity index (χ2n) is 8.14. The molecule has 0 spiro atoms. The number of nitrogens with zero attached hydrogens (tertiary/aromatic N) is 2. The first kappa shape index (κ1) is 24.7. The molecular weight excluding hydrogens is 462 g/mol. The van der Waals surface area contributed by atoms with Crippen LogP contribution >= 0.6 is 22.9 Å². The summed E-state index contributed by atoms with van der Waals surface area (Å²) in [4.78, 5) is 16.3. The van der Waals surface area contributed by atoms with E-state index < -0.39 is 12.1 Å². The van der Waals surface area contributed by atoms with E-state index in [1.165, 1.54) is 29.7 Å². The Morgan fingerprint density at radius 3 is 2.61 bits per heavy atom. The zero-order valence-electron chi connectivity index (χ0n) is 18.2. The molecule has 0 aliphatic carbocycles. The van der Waals surface area contributed by atoms with Crippen LogP contribution in [0.4, 0.5) is 0 Å². The summed E-state index contributed by atoms with van der Waals surface area (Å²) >= 11 is 7.54. The smallest absolute Gasteiger partial charge is 0.335 e. The molecule has 0 saturated heterocycles. The minimum Gasteiger partial charge on any atom is -0.487 e. The first-order valence-electron chi connectivity index (χ1n) is 10.2. The van der Waals surface area contributed by atoms with Gasteiger partial charge in [0.15, 0.2) is 11.4 Å². The third kappa shape index (κ3) is 6.76. The van der Waals surface area contributed by atoms with Gasteiger partial charge in [0.2, 0.25) is 0 Å². The Labute approximate surface area is 201 Å². The second kappa shape index (κ2) is 10.8. The number of rotatable bonds is 10. The van der Waals surface area contributed by atoms with Gasteiger partial charge >= 0.3 is 5.97 Å². The maximum atomic E-state index is 11.1. The van der Waals surface area contributed by atoms with Gasteiger partial charge in [-0.15, -0.1) is 11.3 Å². The van der Waals surface area contributed by atoms with Crippen LogP contribution in [-0.4, -0.2) is 46.0 Å². The van der Waals surface area contributed by atoms with Crippen LogP contribution in [-0.2, 0) is 6.42 Å². The second-order valence-corrected chi connectivity index (χ2v) is 9.94. The molecule has 2 heterocycles. The molecule has 1 aromatic carbocycles. The first-order valence-corrected chi connectivity index (χ1v) is 11.4. The summed E-state index contributed by atoms with van der Waals surface area (Å²) in [6.45, 7) is 4.33. The molecule has 3 aromatic rings. The van der Waals surface area contributed by atoms with E-state index in [4.69, 9.17) is 21.4 Å². The lowest BCUT2D eigenvalue weighted by molar-refractivity contribution is 0.0697. The Morgan fingerprint density at radius 2 is 2.00 bits per heavy atom. The summed E-state index contributed by atoms with van der Waals surface area (Å²) < 4.78 is 6.58. The van der Waals surface area contributed by atoms with Crippen LogP contribution in [0.15, 0.2) is 48.7 Å².